The Kier molecular flexibility index (Phi) is 5.04. The van der Waals surface area contributed by atoms with Crippen molar-refractivity contribution < 1.29 is 9.21 Å². The number of hydrogen-bond donors (Lipinski definition) is 3. The standard InChI is InChI=1S/C18H16BrN5O2/c1-10(23-24-18(20)21)11-2-5-14(6-3-11)22-17(25)16-9-12-8-13(19)4-7-15(12)26-16/h2-9H,1H3,(H,22,25)(H4,20,21,24). The van der Waals surface area contributed by atoms with Crippen LogP contribution in [0, 0.1) is 0 Å². The van der Waals surface area contributed by atoms with E-state index >= 15 is 0 Å². The fraction of sp³-hybridized carbons (Fsp3) is 0.0556. The highest BCUT2D eigenvalue weighted by molar-refractivity contribution is 9.10. The highest BCUT2D eigenvalue weighted by Crippen LogP contribution is 2.24. The van der Waals surface area contributed by atoms with Crippen molar-refractivity contribution in [2.45, 2.75) is 6.92 Å². The number of furan rings is 1. The minimum Gasteiger partial charge on any atom is -0.451 e. The van der Waals surface area contributed by atoms with Gasteiger partial charge in [0.2, 0.25) is 5.96 Å². The summed E-state index contributed by atoms with van der Waals surface area (Å²) < 4.78 is 6.51. The topological polar surface area (TPSA) is 119 Å². The molecule has 3 aromatic rings. The summed E-state index contributed by atoms with van der Waals surface area (Å²) in [6.07, 6.45) is 0. The first-order valence-corrected chi connectivity index (χ1v) is 8.46. The van der Waals surface area contributed by atoms with Crippen molar-refractivity contribution in [1.82, 2.24) is 0 Å². The Labute approximate surface area is 157 Å². The molecule has 3 rings (SSSR count). The Morgan fingerprint density at radius 3 is 2.50 bits per heavy atom. The molecule has 0 radical (unpaired) electrons. The van der Waals surface area contributed by atoms with Crippen molar-refractivity contribution in [2.75, 3.05) is 5.32 Å². The molecule has 1 amide bonds. The van der Waals surface area contributed by atoms with Crippen LogP contribution in [0.4, 0.5) is 5.69 Å². The van der Waals surface area contributed by atoms with E-state index in [1.807, 2.05) is 30.3 Å². The number of amides is 1. The van der Waals surface area contributed by atoms with Crippen LogP contribution in [0.1, 0.15) is 23.0 Å². The second kappa shape index (κ2) is 7.40. The summed E-state index contributed by atoms with van der Waals surface area (Å²) in [6, 6.07) is 14.4. The predicted octanol–water partition coefficient (Wildman–Crippen LogP) is 3.45. The molecule has 7 nitrogen and oxygen atoms in total. The Bertz CT molecular complexity index is 1020. The second-order valence-corrected chi connectivity index (χ2v) is 6.45. The van der Waals surface area contributed by atoms with Crippen molar-refractivity contribution in [3.8, 4) is 0 Å². The molecule has 0 fully saturated rings. The minimum atomic E-state index is -0.323. The molecule has 1 aromatic heterocycles. The molecule has 5 N–H and O–H groups in total. The number of halogens is 1. The quantitative estimate of drug-likeness (QED) is 0.344. The molecule has 2 aromatic carbocycles. The summed E-state index contributed by atoms with van der Waals surface area (Å²) >= 11 is 3.40. The average molecular weight is 414 g/mol. The SMILES string of the molecule is CC(=NN=C(N)N)c1ccc(NC(=O)c2cc3cc(Br)ccc3o2)cc1. The van der Waals surface area contributed by atoms with Crippen molar-refractivity contribution in [1.29, 1.82) is 0 Å². The zero-order valence-corrected chi connectivity index (χ0v) is 15.4. The third-order valence-corrected chi connectivity index (χ3v) is 4.07. The normalized spacial score (nSPS) is 11.4. The number of guanidine groups is 1. The molecule has 132 valence electrons. The lowest BCUT2D eigenvalue weighted by Gasteiger charge is -2.04. The van der Waals surface area contributed by atoms with Gasteiger partial charge in [-0.25, -0.2) is 0 Å². The third-order valence-electron chi connectivity index (χ3n) is 3.58. The summed E-state index contributed by atoms with van der Waals surface area (Å²) in [5, 5.41) is 11.2. The first-order chi connectivity index (χ1) is 12.4. The van der Waals surface area contributed by atoms with Gasteiger partial charge in [0.1, 0.15) is 5.58 Å². The molecule has 0 aliphatic carbocycles. The lowest BCUT2D eigenvalue weighted by atomic mass is 10.1. The third kappa shape index (κ3) is 4.09. The summed E-state index contributed by atoms with van der Waals surface area (Å²) in [7, 11) is 0. The van der Waals surface area contributed by atoms with E-state index in [9.17, 15) is 4.79 Å². The average Bonchev–Trinajstić information content (AvgIpc) is 3.03. The van der Waals surface area contributed by atoms with Gasteiger partial charge in [-0.05, 0) is 48.9 Å². The van der Waals surface area contributed by atoms with E-state index in [1.165, 1.54) is 0 Å². The van der Waals surface area contributed by atoms with Crippen LogP contribution >= 0.6 is 15.9 Å². The fourth-order valence-corrected chi connectivity index (χ4v) is 2.68. The number of fused-ring (bicyclic) bond motifs is 1. The zero-order chi connectivity index (χ0) is 18.7. The largest absolute Gasteiger partial charge is 0.451 e. The molecule has 0 bridgehead atoms. The number of nitrogens with one attached hydrogen (secondary N) is 1. The van der Waals surface area contributed by atoms with Crippen LogP contribution in [0.25, 0.3) is 11.0 Å². The van der Waals surface area contributed by atoms with Crippen LogP contribution in [0.2, 0.25) is 0 Å². The van der Waals surface area contributed by atoms with E-state index in [0.717, 1.165) is 15.4 Å². The molecule has 0 saturated heterocycles. The number of nitrogens with two attached hydrogens (primary N) is 2. The summed E-state index contributed by atoms with van der Waals surface area (Å²) in [5.74, 6) is -0.185. The van der Waals surface area contributed by atoms with E-state index in [4.69, 9.17) is 15.9 Å². The second-order valence-electron chi connectivity index (χ2n) is 5.53. The zero-order valence-electron chi connectivity index (χ0n) is 13.9. The maximum absolute atomic E-state index is 12.4. The van der Waals surface area contributed by atoms with E-state index in [-0.39, 0.29) is 17.6 Å². The van der Waals surface area contributed by atoms with Crippen LogP contribution in [0.15, 0.2) is 67.6 Å². The first-order valence-electron chi connectivity index (χ1n) is 7.66. The van der Waals surface area contributed by atoms with Crippen LogP contribution < -0.4 is 16.8 Å². The molecule has 1 heterocycles. The number of carbonyl (C=O) groups is 1. The fourth-order valence-electron chi connectivity index (χ4n) is 2.30. The number of benzene rings is 2. The molecular formula is C18H16BrN5O2. The highest BCUT2D eigenvalue weighted by atomic mass is 79.9. The van der Waals surface area contributed by atoms with Crippen LogP contribution in [0.5, 0.6) is 0 Å². The lowest BCUT2D eigenvalue weighted by molar-refractivity contribution is 0.0998. The molecular weight excluding hydrogens is 398 g/mol. The van der Waals surface area contributed by atoms with Crippen molar-refractivity contribution in [2.24, 2.45) is 21.7 Å². The summed E-state index contributed by atoms with van der Waals surface area (Å²) in [4.78, 5) is 12.4. The van der Waals surface area contributed by atoms with E-state index in [1.54, 1.807) is 25.1 Å². The maximum atomic E-state index is 12.4. The van der Waals surface area contributed by atoms with Gasteiger partial charge in [0.15, 0.2) is 5.76 Å². The Morgan fingerprint density at radius 2 is 1.81 bits per heavy atom. The van der Waals surface area contributed by atoms with Gasteiger partial charge in [-0.15, -0.1) is 5.10 Å². The molecule has 26 heavy (non-hydrogen) atoms. The van der Waals surface area contributed by atoms with Gasteiger partial charge in [-0.2, -0.15) is 5.10 Å². The van der Waals surface area contributed by atoms with Crippen LogP contribution in [0.3, 0.4) is 0 Å². The number of rotatable bonds is 4. The van der Waals surface area contributed by atoms with Crippen LogP contribution in [-0.2, 0) is 0 Å². The van der Waals surface area contributed by atoms with Crippen molar-refractivity contribution >= 4 is 50.2 Å². The molecule has 0 unspecified atom stereocenters. The summed E-state index contributed by atoms with van der Waals surface area (Å²) in [6.45, 7) is 1.78. The predicted molar refractivity (Wildman–Crippen MR) is 106 cm³/mol. The van der Waals surface area contributed by atoms with Gasteiger partial charge in [0.05, 0.1) is 5.71 Å². The smallest absolute Gasteiger partial charge is 0.291 e. The number of anilines is 1. The van der Waals surface area contributed by atoms with Gasteiger partial charge in [-0.3, -0.25) is 4.79 Å². The van der Waals surface area contributed by atoms with Gasteiger partial charge in [0, 0.05) is 15.5 Å². The minimum absolute atomic E-state index is 0.105. The van der Waals surface area contributed by atoms with E-state index < -0.39 is 0 Å². The van der Waals surface area contributed by atoms with E-state index in [2.05, 4.69) is 31.4 Å². The number of carbonyl (C=O) groups excluding carboxylic acids is 1. The van der Waals surface area contributed by atoms with Gasteiger partial charge in [0.25, 0.3) is 5.91 Å². The first kappa shape index (κ1) is 17.7. The van der Waals surface area contributed by atoms with Crippen molar-refractivity contribution in [3.05, 3.63) is 64.3 Å². The molecule has 0 saturated carbocycles. The Hall–Kier alpha value is -3.13. The number of hydrogen-bond acceptors (Lipinski definition) is 4. The number of nitrogens with zero attached hydrogens (tertiary/aromatic N) is 2. The molecule has 0 spiro atoms. The van der Waals surface area contributed by atoms with Gasteiger partial charge < -0.3 is 21.2 Å². The highest BCUT2D eigenvalue weighted by Gasteiger charge is 2.13. The lowest BCUT2D eigenvalue weighted by Crippen LogP contribution is -2.22. The Morgan fingerprint density at radius 1 is 1.08 bits per heavy atom. The van der Waals surface area contributed by atoms with E-state index in [0.29, 0.717) is 17.0 Å². The summed E-state index contributed by atoms with van der Waals surface area (Å²) in [5.41, 5.74) is 13.3. The molecule has 0 aliphatic rings. The van der Waals surface area contributed by atoms with Crippen LogP contribution in [-0.4, -0.2) is 17.6 Å². The van der Waals surface area contributed by atoms with Gasteiger partial charge in [-0.1, -0.05) is 28.1 Å². The van der Waals surface area contributed by atoms with Gasteiger partial charge >= 0.3 is 0 Å². The monoisotopic (exact) mass is 413 g/mol. The van der Waals surface area contributed by atoms with Crippen molar-refractivity contribution in [3.63, 3.8) is 0 Å². The molecule has 0 aliphatic heterocycles. The Balaban J connectivity index is 1.74. The molecule has 8 heteroatoms. The molecule has 0 atom stereocenters. The maximum Gasteiger partial charge on any atom is 0.291 e.